The van der Waals surface area contributed by atoms with Crippen molar-refractivity contribution in [3.63, 3.8) is 0 Å². The third-order valence-electron chi connectivity index (χ3n) is 3.49. The fourth-order valence-electron chi connectivity index (χ4n) is 2.23. The van der Waals surface area contributed by atoms with Crippen LogP contribution in [0.25, 0.3) is 0 Å². The van der Waals surface area contributed by atoms with Gasteiger partial charge in [0.15, 0.2) is 5.16 Å². The molecule has 3 rings (SSSR count). The summed E-state index contributed by atoms with van der Waals surface area (Å²) in [5.74, 6) is -0.224. The maximum atomic E-state index is 12.7. The quantitative estimate of drug-likeness (QED) is 0.655. The summed E-state index contributed by atoms with van der Waals surface area (Å²) in [5, 5.41) is 11.1. The number of anilines is 2. The number of aromatic nitrogens is 3. The van der Waals surface area contributed by atoms with Crippen molar-refractivity contribution in [1.82, 2.24) is 14.8 Å². The zero-order valence-electron chi connectivity index (χ0n) is 14.6. The van der Waals surface area contributed by atoms with Gasteiger partial charge in [-0.2, -0.15) is 0 Å². The summed E-state index contributed by atoms with van der Waals surface area (Å²) in [6.45, 7) is 1.39. The molecule has 8 nitrogen and oxygen atoms in total. The van der Waals surface area contributed by atoms with Crippen LogP contribution < -0.4 is 10.0 Å². The molecule has 0 aliphatic heterocycles. The van der Waals surface area contributed by atoms with E-state index < -0.39 is 10.0 Å². The molecule has 0 fully saturated rings. The molecule has 140 valence electrons. The summed E-state index contributed by atoms with van der Waals surface area (Å²) >= 11 is 1.31. The van der Waals surface area contributed by atoms with Gasteiger partial charge in [-0.15, -0.1) is 10.2 Å². The number of carbonyl (C=O) groups excluding carboxylic acids is 1. The number of sulfonamides is 1. The molecule has 0 saturated carbocycles. The van der Waals surface area contributed by atoms with Crippen molar-refractivity contribution in [2.24, 2.45) is 7.05 Å². The van der Waals surface area contributed by atoms with E-state index in [4.69, 9.17) is 0 Å². The van der Waals surface area contributed by atoms with Gasteiger partial charge in [-0.25, -0.2) is 8.42 Å². The summed E-state index contributed by atoms with van der Waals surface area (Å²) in [6.07, 6.45) is 1.58. The van der Waals surface area contributed by atoms with Crippen molar-refractivity contribution >= 4 is 39.1 Å². The van der Waals surface area contributed by atoms with Gasteiger partial charge in [0, 0.05) is 24.6 Å². The number of benzene rings is 2. The molecule has 1 amide bonds. The van der Waals surface area contributed by atoms with Gasteiger partial charge in [-0.1, -0.05) is 12.1 Å². The van der Waals surface area contributed by atoms with Crippen LogP contribution in [0.4, 0.5) is 11.4 Å². The molecule has 0 aliphatic rings. The van der Waals surface area contributed by atoms with Crippen LogP contribution in [0.15, 0.2) is 69.8 Å². The Morgan fingerprint density at radius 3 is 2.44 bits per heavy atom. The van der Waals surface area contributed by atoms with Crippen LogP contribution in [0.3, 0.4) is 0 Å². The number of rotatable bonds is 6. The number of hydrogen-bond donors (Lipinski definition) is 2. The molecule has 27 heavy (non-hydrogen) atoms. The van der Waals surface area contributed by atoms with E-state index in [-0.39, 0.29) is 10.8 Å². The first kappa shape index (κ1) is 18.9. The maximum absolute atomic E-state index is 12.7. The molecule has 0 aliphatic carbocycles. The van der Waals surface area contributed by atoms with Gasteiger partial charge in [0.1, 0.15) is 6.33 Å². The fraction of sp³-hybridized carbons (Fsp3) is 0.118. The van der Waals surface area contributed by atoms with Crippen LogP contribution in [0, 0.1) is 0 Å². The highest BCUT2D eigenvalue weighted by Crippen LogP contribution is 2.33. The molecule has 0 spiro atoms. The van der Waals surface area contributed by atoms with Crippen molar-refractivity contribution in [1.29, 1.82) is 0 Å². The SMILES string of the molecule is CC(=O)Nc1ccc(S(=O)(=O)Nc2ccccc2Sc2nncn2C)cc1. The van der Waals surface area contributed by atoms with Crippen LogP contribution in [0.1, 0.15) is 6.92 Å². The van der Waals surface area contributed by atoms with Crippen LogP contribution >= 0.6 is 11.8 Å². The highest BCUT2D eigenvalue weighted by Gasteiger charge is 2.17. The summed E-state index contributed by atoms with van der Waals surface area (Å²) in [6, 6.07) is 13.0. The van der Waals surface area contributed by atoms with E-state index in [1.54, 1.807) is 29.1 Å². The zero-order chi connectivity index (χ0) is 19.4. The first-order valence-corrected chi connectivity index (χ1v) is 10.2. The van der Waals surface area contributed by atoms with Crippen molar-refractivity contribution in [2.45, 2.75) is 21.9 Å². The topological polar surface area (TPSA) is 106 Å². The molecule has 0 saturated heterocycles. The van der Waals surface area contributed by atoms with Crippen molar-refractivity contribution in [2.75, 3.05) is 10.0 Å². The van der Waals surface area contributed by atoms with Crippen LogP contribution in [0.2, 0.25) is 0 Å². The Bertz CT molecular complexity index is 1060. The Balaban J connectivity index is 1.84. The predicted molar refractivity (Wildman–Crippen MR) is 103 cm³/mol. The number of nitrogens with zero attached hydrogens (tertiary/aromatic N) is 3. The molecular weight excluding hydrogens is 386 g/mol. The summed E-state index contributed by atoms with van der Waals surface area (Å²) < 4.78 is 29.8. The summed E-state index contributed by atoms with van der Waals surface area (Å²) in [4.78, 5) is 11.9. The van der Waals surface area contributed by atoms with E-state index in [0.717, 1.165) is 0 Å². The lowest BCUT2D eigenvalue weighted by molar-refractivity contribution is -0.114. The number of carbonyl (C=O) groups is 1. The first-order valence-electron chi connectivity index (χ1n) is 7.86. The minimum absolute atomic E-state index is 0.0927. The van der Waals surface area contributed by atoms with Gasteiger partial charge in [0.2, 0.25) is 5.91 Å². The first-order chi connectivity index (χ1) is 12.8. The molecule has 2 N–H and O–H groups in total. The van der Waals surface area contributed by atoms with Gasteiger partial charge in [0.25, 0.3) is 10.0 Å². The Kier molecular flexibility index (Phi) is 5.47. The molecule has 10 heteroatoms. The van der Waals surface area contributed by atoms with Gasteiger partial charge < -0.3 is 9.88 Å². The van der Waals surface area contributed by atoms with E-state index in [9.17, 15) is 13.2 Å². The van der Waals surface area contributed by atoms with E-state index in [2.05, 4.69) is 20.2 Å². The number of amides is 1. The smallest absolute Gasteiger partial charge is 0.261 e. The third-order valence-corrected chi connectivity index (χ3v) is 6.00. The minimum atomic E-state index is -3.79. The average Bonchev–Trinajstić information content (AvgIpc) is 3.01. The van der Waals surface area contributed by atoms with Gasteiger partial charge in [0.05, 0.1) is 10.6 Å². The van der Waals surface area contributed by atoms with Crippen molar-refractivity contribution in [3.8, 4) is 0 Å². The van der Waals surface area contributed by atoms with Crippen molar-refractivity contribution in [3.05, 3.63) is 54.9 Å². The highest BCUT2D eigenvalue weighted by molar-refractivity contribution is 7.99. The molecule has 1 heterocycles. The number of hydrogen-bond acceptors (Lipinski definition) is 6. The largest absolute Gasteiger partial charge is 0.326 e. The normalized spacial score (nSPS) is 11.2. The number of nitrogens with one attached hydrogen (secondary N) is 2. The summed E-state index contributed by atoms with van der Waals surface area (Å²) in [7, 11) is -1.98. The van der Waals surface area contributed by atoms with E-state index >= 15 is 0 Å². The van der Waals surface area contributed by atoms with E-state index in [1.807, 2.05) is 13.1 Å². The molecule has 0 radical (unpaired) electrons. The van der Waals surface area contributed by atoms with Crippen LogP contribution in [-0.4, -0.2) is 29.1 Å². The Morgan fingerprint density at radius 2 is 1.81 bits per heavy atom. The number of para-hydroxylation sites is 1. The van der Waals surface area contributed by atoms with Gasteiger partial charge >= 0.3 is 0 Å². The molecule has 0 atom stereocenters. The second-order valence-electron chi connectivity index (χ2n) is 5.63. The molecule has 2 aromatic carbocycles. The van der Waals surface area contributed by atoms with Crippen molar-refractivity contribution < 1.29 is 13.2 Å². The fourth-order valence-corrected chi connectivity index (χ4v) is 4.22. The van der Waals surface area contributed by atoms with E-state index in [1.165, 1.54) is 43.0 Å². The molecule has 0 bridgehead atoms. The minimum Gasteiger partial charge on any atom is -0.326 e. The van der Waals surface area contributed by atoms with Crippen LogP contribution in [0.5, 0.6) is 0 Å². The monoisotopic (exact) mass is 403 g/mol. The predicted octanol–water partition coefficient (Wildman–Crippen LogP) is 2.73. The highest BCUT2D eigenvalue weighted by atomic mass is 32.2. The van der Waals surface area contributed by atoms with E-state index in [0.29, 0.717) is 21.4 Å². The lowest BCUT2D eigenvalue weighted by atomic mass is 10.3. The Morgan fingerprint density at radius 1 is 1.11 bits per heavy atom. The second kappa shape index (κ2) is 7.80. The summed E-state index contributed by atoms with van der Waals surface area (Å²) in [5.41, 5.74) is 0.969. The third kappa shape index (κ3) is 4.66. The lowest BCUT2D eigenvalue weighted by Crippen LogP contribution is -2.14. The van der Waals surface area contributed by atoms with Gasteiger partial charge in [-0.3, -0.25) is 9.52 Å². The molecule has 3 aromatic rings. The standard InChI is InChI=1S/C17H17N5O3S2/c1-12(23)19-13-7-9-14(10-8-13)27(24,25)21-15-5-3-4-6-16(15)26-17-20-18-11-22(17)2/h3-11,21H,1-2H3,(H,19,23). The second-order valence-corrected chi connectivity index (χ2v) is 8.33. The Labute approximate surface area is 161 Å². The molecule has 1 aromatic heterocycles. The lowest BCUT2D eigenvalue weighted by Gasteiger charge is -2.12. The zero-order valence-corrected chi connectivity index (χ0v) is 16.2. The van der Waals surface area contributed by atoms with Gasteiger partial charge in [-0.05, 0) is 48.2 Å². The molecule has 0 unspecified atom stereocenters. The number of aryl methyl sites for hydroxylation is 1. The van der Waals surface area contributed by atoms with Crippen LogP contribution in [-0.2, 0) is 21.9 Å². The Hall–Kier alpha value is -2.85. The maximum Gasteiger partial charge on any atom is 0.261 e. The average molecular weight is 403 g/mol. The molecular formula is C17H17N5O3S2.